The van der Waals surface area contributed by atoms with E-state index in [0.717, 1.165) is 10.6 Å². The van der Waals surface area contributed by atoms with Gasteiger partial charge >= 0.3 is 0 Å². The summed E-state index contributed by atoms with van der Waals surface area (Å²) in [5, 5.41) is 6.28. The average molecular weight is 291 g/mol. The van der Waals surface area contributed by atoms with Crippen LogP contribution in [-0.2, 0) is 29.0 Å². The van der Waals surface area contributed by atoms with Gasteiger partial charge in [-0.15, -0.1) is 11.3 Å². The largest absolute Gasteiger partial charge is 0.378 e. The Hall–Kier alpha value is -1.66. The van der Waals surface area contributed by atoms with Gasteiger partial charge in [-0.25, -0.2) is 0 Å². The third-order valence-corrected chi connectivity index (χ3v) is 4.43. The highest BCUT2D eigenvalue weighted by Gasteiger charge is 2.25. The molecule has 106 valence electrons. The molecule has 0 bridgehead atoms. The van der Waals surface area contributed by atoms with Crippen molar-refractivity contribution in [2.75, 3.05) is 13.7 Å². The highest BCUT2D eigenvalue weighted by Crippen LogP contribution is 2.16. The van der Waals surface area contributed by atoms with Crippen LogP contribution in [-0.4, -0.2) is 40.3 Å². The molecule has 6 heteroatoms. The number of hydrogen-bond acceptors (Lipinski definition) is 4. The van der Waals surface area contributed by atoms with Gasteiger partial charge in [-0.05, 0) is 17.5 Å². The maximum Gasteiger partial charge on any atom is 0.228 e. The molecule has 2 aromatic heterocycles. The van der Waals surface area contributed by atoms with Crippen molar-refractivity contribution < 1.29 is 9.53 Å². The fourth-order valence-corrected chi connectivity index (χ4v) is 3.12. The second-order valence-electron chi connectivity index (χ2n) is 4.89. The van der Waals surface area contributed by atoms with E-state index in [2.05, 4.69) is 5.10 Å². The Morgan fingerprint density at radius 1 is 1.50 bits per heavy atom. The lowest BCUT2D eigenvalue weighted by Crippen LogP contribution is -2.37. The topological polar surface area (TPSA) is 47.4 Å². The molecular weight excluding hydrogens is 274 g/mol. The number of hydrogen-bond donors (Lipinski definition) is 0. The number of amides is 1. The summed E-state index contributed by atoms with van der Waals surface area (Å²) < 4.78 is 7.38. The van der Waals surface area contributed by atoms with Crippen LogP contribution >= 0.6 is 11.3 Å². The molecule has 0 aromatic carbocycles. The van der Waals surface area contributed by atoms with Crippen LogP contribution in [0, 0.1) is 0 Å². The number of carbonyl (C=O) groups excluding carboxylic acids is 1. The van der Waals surface area contributed by atoms with Crippen molar-refractivity contribution >= 4 is 17.2 Å². The quantitative estimate of drug-likeness (QED) is 0.862. The molecule has 1 atom stereocenters. The van der Waals surface area contributed by atoms with Crippen molar-refractivity contribution in [3.63, 3.8) is 0 Å². The fraction of sp³-hybridized carbons (Fsp3) is 0.429. The summed E-state index contributed by atoms with van der Waals surface area (Å²) in [6, 6.07) is 5.94. The first-order valence-corrected chi connectivity index (χ1v) is 7.48. The van der Waals surface area contributed by atoms with Crippen molar-refractivity contribution in [1.29, 1.82) is 0 Å². The van der Waals surface area contributed by atoms with Gasteiger partial charge in [-0.1, -0.05) is 6.07 Å². The Morgan fingerprint density at radius 2 is 2.40 bits per heavy atom. The Labute approximate surface area is 121 Å². The normalized spacial score (nSPS) is 18.6. The Morgan fingerprint density at radius 3 is 3.15 bits per heavy atom. The van der Waals surface area contributed by atoms with Gasteiger partial charge in [0.25, 0.3) is 0 Å². The molecule has 0 fully saturated rings. The number of carbonyl (C=O) groups is 1. The lowest BCUT2D eigenvalue weighted by Gasteiger charge is -2.23. The van der Waals surface area contributed by atoms with Gasteiger partial charge in [-0.2, -0.15) is 5.10 Å². The van der Waals surface area contributed by atoms with Crippen molar-refractivity contribution in [2.24, 2.45) is 0 Å². The molecule has 3 rings (SSSR count). The molecule has 3 heterocycles. The van der Waals surface area contributed by atoms with E-state index in [9.17, 15) is 4.79 Å². The van der Waals surface area contributed by atoms with Crippen LogP contribution in [0.4, 0.5) is 0 Å². The fourth-order valence-electron chi connectivity index (χ4n) is 2.43. The van der Waals surface area contributed by atoms with E-state index in [1.54, 1.807) is 24.6 Å². The Balaban J connectivity index is 1.76. The van der Waals surface area contributed by atoms with Gasteiger partial charge in [-0.3, -0.25) is 9.48 Å². The standard InChI is InChI=1S/C14H17N3O2S/c1-19-12-9-16(8-11-4-5-15-17(11)10-12)14(18)7-13-3-2-6-20-13/h2-6,12H,7-10H2,1H3/t12-/m1/s1. The number of thiophene rings is 1. The SMILES string of the molecule is CO[C@@H]1CN(C(=O)Cc2cccs2)Cc2ccnn2C1. The van der Waals surface area contributed by atoms with Crippen LogP contribution in [0.15, 0.2) is 29.8 Å². The maximum absolute atomic E-state index is 12.5. The number of ether oxygens (including phenoxy) is 1. The highest BCUT2D eigenvalue weighted by atomic mass is 32.1. The average Bonchev–Trinajstić information content (AvgIpc) is 3.06. The van der Waals surface area contributed by atoms with Crippen LogP contribution < -0.4 is 0 Å². The summed E-state index contributed by atoms with van der Waals surface area (Å²) >= 11 is 1.62. The zero-order chi connectivity index (χ0) is 13.9. The van der Waals surface area contributed by atoms with E-state index >= 15 is 0 Å². The predicted octanol–water partition coefficient (Wildman–Crippen LogP) is 1.54. The number of nitrogens with zero attached hydrogens (tertiary/aromatic N) is 3. The van der Waals surface area contributed by atoms with E-state index in [1.165, 1.54) is 0 Å². The van der Waals surface area contributed by atoms with Crippen molar-refractivity contribution in [1.82, 2.24) is 14.7 Å². The molecule has 5 nitrogen and oxygen atoms in total. The van der Waals surface area contributed by atoms with Gasteiger partial charge in [0.15, 0.2) is 0 Å². The van der Waals surface area contributed by atoms with Crippen molar-refractivity contribution in [3.05, 3.63) is 40.3 Å². The number of rotatable bonds is 3. The highest BCUT2D eigenvalue weighted by molar-refractivity contribution is 7.10. The lowest BCUT2D eigenvalue weighted by atomic mass is 10.2. The molecule has 1 aliphatic heterocycles. The van der Waals surface area contributed by atoms with Crippen LogP contribution in [0.25, 0.3) is 0 Å². The van der Waals surface area contributed by atoms with Crippen LogP contribution in [0.3, 0.4) is 0 Å². The second kappa shape index (κ2) is 5.76. The molecule has 0 radical (unpaired) electrons. The van der Waals surface area contributed by atoms with Gasteiger partial charge < -0.3 is 9.64 Å². The molecular formula is C14H17N3O2S. The monoisotopic (exact) mass is 291 g/mol. The molecule has 0 aliphatic carbocycles. The van der Waals surface area contributed by atoms with E-state index in [4.69, 9.17) is 4.74 Å². The third-order valence-electron chi connectivity index (χ3n) is 3.55. The smallest absolute Gasteiger partial charge is 0.228 e. The first kappa shape index (κ1) is 13.3. The Bertz CT molecular complexity index is 579. The number of methoxy groups -OCH3 is 1. The molecule has 0 N–H and O–H groups in total. The Kier molecular flexibility index (Phi) is 3.84. The zero-order valence-electron chi connectivity index (χ0n) is 11.4. The molecule has 0 saturated carbocycles. The van der Waals surface area contributed by atoms with Gasteiger partial charge in [0.2, 0.25) is 5.91 Å². The summed E-state index contributed by atoms with van der Waals surface area (Å²) in [5.74, 6) is 0.143. The molecule has 0 unspecified atom stereocenters. The molecule has 1 aliphatic rings. The van der Waals surface area contributed by atoms with E-state index in [-0.39, 0.29) is 12.0 Å². The first-order chi connectivity index (χ1) is 9.76. The molecule has 0 spiro atoms. The summed E-state index contributed by atoms with van der Waals surface area (Å²) in [6.45, 7) is 1.91. The summed E-state index contributed by atoms with van der Waals surface area (Å²) in [5.41, 5.74) is 1.06. The minimum atomic E-state index is -0.0107. The minimum absolute atomic E-state index is 0.0107. The van der Waals surface area contributed by atoms with Crippen LogP contribution in [0.2, 0.25) is 0 Å². The lowest BCUT2D eigenvalue weighted by molar-refractivity contribution is -0.132. The molecule has 1 amide bonds. The summed E-state index contributed by atoms with van der Waals surface area (Å²) in [6.07, 6.45) is 2.22. The predicted molar refractivity (Wildman–Crippen MR) is 76.5 cm³/mol. The van der Waals surface area contributed by atoms with Crippen molar-refractivity contribution in [3.8, 4) is 0 Å². The maximum atomic E-state index is 12.5. The van der Waals surface area contributed by atoms with Crippen LogP contribution in [0.1, 0.15) is 10.6 Å². The summed E-state index contributed by atoms with van der Waals surface area (Å²) in [4.78, 5) is 15.4. The van der Waals surface area contributed by atoms with Gasteiger partial charge in [0.1, 0.15) is 0 Å². The van der Waals surface area contributed by atoms with Gasteiger partial charge in [0.05, 0.1) is 31.3 Å². The van der Waals surface area contributed by atoms with Gasteiger partial charge in [0, 0.05) is 24.7 Å². The number of fused-ring (bicyclic) bond motifs is 1. The van der Waals surface area contributed by atoms with Crippen molar-refractivity contribution in [2.45, 2.75) is 25.6 Å². The first-order valence-electron chi connectivity index (χ1n) is 6.60. The minimum Gasteiger partial charge on any atom is -0.378 e. The molecule has 20 heavy (non-hydrogen) atoms. The van der Waals surface area contributed by atoms with E-state index < -0.39 is 0 Å². The van der Waals surface area contributed by atoms with Crippen LogP contribution in [0.5, 0.6) is 0 Å². The second-order valence-corrected chi connectivity index (χ2v) is 5.93. The number of aromatic nitrogens is 2. The zero-order valence-corrected chi connectivity index (χ0v) is 12.2. The molecule has 2 aromatic rings. The third kappa shape index (κ3) is 2.76. The molecule has 0 saturated heterocycles. The summed E-state index contributed by atoms with van der Waals surface area (Å²) in [7, 11) is 1.68. The van der Waals surface area contributed by atoms with E-state index in [0.29, 0.717) is 26.1 Å². The van der Waals surface area contributed by atoms with E-state index in [1.807, 2.05) is 33.2 Å².